The van der Waals surface area contributed by atoms with Crippen LogP contribution in [0.15, 0.2) is 18.2 Å². The van der Waals surface area contributed by atoms with Gasteiger partial charge in [-0.25, -0.2) is 4.39 Å². The van der Waals surface area contributed by atoms with Crippen LogP contribution in [0.3, 0.4) is 0 Å². The molecule has 0 radical (unpaired) electrons. The van der Waals surface area contributed by atoms with Crippen molar-refractivity contribution in [3.05, 3.63) is 29.6 Å². The van der Waals surface area contributed by atoms with Crippen LogP contribution in [0, 0.1) is 12.7 Å². The molecule has 0 bridgehead atoms. The minimum Gasteiger partial charge on any atom is -0.480 e. The number of hydrogen-bond donors (Lipinski definition) is 3. The van der Waals surface area contributed by atoms with Gasteiger partial charge in [-0.05, 0) is 24.6 Å². The molecule has 4 N–H and O–H groups in total. The number of benzene rings is 1. The average Bonchev–Trinajstić information content (AvgIpc) is 2.33. The Kier molecular flexibility index (Phi) is 5.78. The second-order valence-corrected chi connectivity index (χ2v) is 5.00. The van der Waals surface area contributed by atoms with Gasteiger partial charge < -0.3 is 16.2 Å². The molecule has 1 atom stereocenters. The molecule has 0 aliphatic carbocycles. The van der Waals surface area contributed by atoms with Crippen LogP contribution in [0.1, 0.15) is 5.56 Å². The normalized spacial score (nSPS) is 11.9. The standard InChI is InChI=1S/C12H15FN2O3S/c1-7-2-3-8(13)4-10(7)15-11(16)6-19-5-9(14)12(17)18/h2-4,9H,5-6,14H2,1H3,(H,15,16)(H,17,18)/t9-/m0/s1. The Hall–Kier alpha value is -1.60. The summed E-state index contributed by atoms with van der Waals surface area (Å²) in [5, 5.41) is 11.1. The van der Waals surface area contributed by atoms with Crippen LogP contribution in [0.25, 0.3) is 0 Å². The fourth-order valence-electron chi connectivity index (χ4n) is 1.27. The van der Waals surface area contributed by atoms with Crippen LogP contribution < -0.4 is 11.1 Å². The number of carbonyl (C=O) groups excluding carboxylic acids is 1. The zero-order valence-corrected chi connectivity index (χ0v) is 11.2. The topological polar surface area (TPSA) is 92.4 Å². The number of carbonyl (C=O) groups is 2. The van der Waals surface area contributed by atoms with E-state index in [-0.39, 0.29) is 17.4 Å². The summed E-state index contributed by atoms with van der Waals surface area (Å²) in [6.45, 7) is 1.75. The predicted octanol–water partition coefficient (Wildman–Crippen LogP) is 1.22. The fourth-order valence-corrected chi connectivity index (χ4v) is 2.04. The van der Waals surface area contributed by atoms with Crippen molar-refractivity contribution in [3.63, 3.8) is 0 Å². The summed E-state index contributed by atoms with van der Waals surface area (Å²) in [5.41, 5.74) is 6.46. The van der Waals surface area contributed by atoms with Crippen LogP contribution >= 0.6 is 11.8 Å². The van der Waals surface area contributed by atoms with Crippen LogP contribution in [0.5, 0.6) is 0 Å². The monoisotopic (exact) mass is 286 g/mol. The Morgan fingerprint density at radius 3 is 2.84 bits per heavy atom. The lowest BCUT2D eigenvalue weighted by Gasteiger charge is -2.09. The van der Waals surface area contributed by atoms with Gasteiger partial charge in [0.05, 0.1) is 5.75 Å². The molecule has 0 heterocycles. The summed E-state index contributed by atoms with van der Waals surface area (Å²) in [6, 6.07) is 3.12. The van der Waals surface area contributed by atoms with Crippen molar-refractivity contribution >= 4 is 29.3 Å². The number of anilines is 1. The lowest BCUT2D eigenvalue weighted by atomic mass is 10.2. The second-order valence-electron chi connectivity index (χ2n) is 3.97. The zero-order chi connectivity index (χ0) is 14.4. The van der Waals surface area contributed by atoms with E-state index in [0.29, 0.717) is 5.69 Å². The highest BCUT2D eigenvalue weighted by Gasteiger charge is 2.12. The van der Waals surface area contributed by atoms with Crippen LogP contribution in [-0.2, 0) is 9.59 Å². The molecule has 0 saturated heterocycles. The smallest absolute Gasteiger partial charge is 0.321 e. The number of aryl methyl sites for hydroxylation is 1. The molecule has 0 spiro atoms. The molecule has 0 aliphatic heterocycles. The maximum absolute atomic E-state index is 13.0. The Morgan fingerprint density at radius 1 is 1.53 bits per heavy atom. The number of halogens is 1. The van der Waals surface area contributed by atoms with E-state index in [4.69, 9.17) is 10.8 Å². The average molecular weight is 286 g/mol. The summed E-state index contributed by atoms with van der Waals surface area (Å²) >= 11 is 1.12. The Morgan fingerprint density at radius 2 is 2.21 bits per heavy atom. The van der Waals surface area contributed by atoms with Crippen molar-refractivity contribution in [3.8, 4) is 0 Å². The molecule has 0 aliphatic rings. The fraction of sp³-hybridized carbons (Fsp3) is 0.333. The summed E-state index contributed by atoms with van der Waals surface area (Å²) in [6.07, 6.45) is 0. The van der Waals surface area contributed by atoms with E-state index >= 15 is 0 Å². The third kappa shape index (κ3) is 5.27. The first-order chi connectivity index (χ1) is 8.90. The molecule has 0 saturated carbocycles. The number of aliphatic carboxylic acids is 1. The van der Waals surface area contributed by atoms with E-state index in [2.05, 4.69) is 5.32 Å². The largest absolute Gasteiger partial charge is 0.480 e. The maximum Gasteiger partial charge on any atom is 0.321 e. The molecule has 0 unspecified atom stereocenters. The molecular weight excluding hydrogens is 271 g/mol. The number of thioether (sulfide) groups is 1. The molecule has 104 valence electrons. The number of amides is 1. The van der Waals surface area contributed by atoms with E-state index < -0.39 is 17.8 Å². The van der Waals surface area contributed by atoms with E-state index in [9.17, 15) is 14.0 Å². The van der Waals surface area contributed by atoms with Gasteiger partial charge in [0.1, 0.15) is 11.9 Å². The molecule has 1 amide bonds. The first-order valence-corrected chi connectivity index (χ1v) is 6.67. The van der Waals surface area contributed by atoms with Crippen molar-refractivity contribution in [2.24, 2.45) is 5.73 Å². The minimum absolute atomic E-state index is 0.0664. The lowest BCUT2D eigenvalue weighted by molar-refractivity contribution is -0.137. The van der Waals surface area contributed by atoms with Crippen molar-refractivity contribution in [2.75, 3.05) is 16.8 Å². The van der Waals surface area contributed by atoms with Gasteiger partial charge in [-0.2, -0.15) is 0 Å². The molecule has 0 fully saturated rings. The van der Waals surface area contributed by atoms with E-state index in [1.807, 2.05) is 0 Å². The second kappa shape index (κ2) is 7.10. The summed E-state index contributed by atoms with van der Waals surface area (Å²) in [5.74, 6) is -1.64. The Labute approximate surface area is 114 Å². The van der Waals surface area contributed by atoms with Crippen molar-refractivity contribution in [2.45, 2.75) is 13.0 Å². The third-order valence-corrected chi connectivity index (χ3v) is 3.38. The zero-order valence-electron chi connectivity index (χ0n) is 10.4. The quantitative estimate of drug-likeness (QED) is 0.731. The molecule has 0 aromatic heterocycles. The van der Waals surface area contributed by atoms with Crippen molar-refractivity contribution < 1.29 is 19.1 Å². The molecule has 1 rings (SSSR count). The predicted molar refractivity (Wildman–Crippen MR) is 72.7 cm³/mol. The number of hydrogen-bond acceptors (Lipinski definition) is 4. The number of rotatable bonds is 6. The highest BCUT2D eigenvalue weighted by molar-refractivity contribution is 8.00. The SMILES string of the molecule is Cc1ccc(F)cc1NC(=O)CSC[C@H](N)C(=O)O. The number of nitrogens with two attached hydrogens (primary N) is 1. The number of carboxylic acids is 1. The Balaban J connectivity index is 2.43. The number of carboxylic acid groups (broad SMARTS) is 1. The third-order valence-electron chi connectivity index (χ3n) is 2.32. The van der Waals surface area contributed by atoms with Crippen LogP contribution in [0.2, 0.25) is 0 Å². The molecule has 1 aromatic rings. The van der Waals surface area contributed by atoms with Gasteiger partial charge in [0.25, 0.3) is 0 Å². The molecular formula is C12H15FN2O3S. The van der Waals surface area contributed by atoms with Crippen LogP contribution in [-0.4, -0.2) is 34.5 Å². The summed E-state index contributed by atoms with van der Waals surface area (Å²) in [4.78, 5) is 22.1. The highest BCUT2D eigenvalue weighted by atomic mass is 32.2. The van der Waals surface area contributed by atoms with Crippen LogP contribution in [0.4, 0.5) is 10.1 Å². The van der Waals surface area contributed by atoms with Gasteiger partial charge in [-0.15, -0.1) is 11.8 Å². The van der Waals surface area contributed by atoms with Gasteiger partial charge in [-0.1, -0.05) is 6.07 Å². The molecule has 5 nitrogen and oxygen atoms in total. The van der Waals surface area contributed by atoms with Gasteiger partial charge in [-0.3, -0.25) is 9.59 Å². The molecule has 7 heteroatoms. The highest BCUT2D eigenvalue weighted by Crippen LogP contribution is 2.16. The lowest BCUT2D eigenvalue weighted by Crippen LogP contribution is -2.33. The molecule has 1 aromatic carbocycles. The van der Waals surface area contributed by atoms with Gasteiger partial charge >= 0.3 is 5.97 Å². The van der Waals surface area contributed by atoms with Crippen molar-refractivity contribution in [1.82, 2.24) is 0 Å². The van der Waals surface area contributed by atoms with E-state index in [1.165, 1.54) is 12.1 Å². The minimum atomic E-state index is -1.10. The molecule has 19 heavy (non-hydrogen) atoms. The first-order valence-electron chi connectivity index (χ1n) is 5.52. The van der Waals surface area contributed by atoms with Crippen molar-refractivity contribution in [1.29, 1.82) is 0 Å². The van der Waals surface area contributed by atoms with E-state index in [1.54, 1.807) is 13.0 Å². The van der Waals surface area contributed by atoms with Gasteiger partial charge in [0, 0.05) is 11.4 Å². The van der Waals surface area contributed by atoms with Gasteiger partial charge in [0.15, 0.2) is 0 Å². The van der Waals surface area contributed by atoms with Gasteiger partial charge in [0.2, 0.25) is 5.91 Å². The summed E-state index contributed by atoms with van der Waals surface area (Å²) < 4.78 is 13.0. The Bertz CT molecular complexity index is 482. The van der Waals surface area contributed by atoms with E-state index in [0.717, 1.165) is 17.3 Å². The summed E-state index contributed by atoms with van der Waals surface area (Å²) in [7, 11) is 0. The first kappa shape index (κ1) is 15.5. The number of nitrogens with one attached hydrogen (secondary N) is 1. The maximum atomic E-state index is 13.0.